The minimum atomic E-state index is -0.155. The molecule has 10 heteroatoms. The fraction of sp³-hybridized carbons (Fsp3) is 0.216. The van der Waals surface area contributed by atoms with Gasteiger partial charge in [0.2, 0.25) is 0 Å². The summed E-state index contributed by atoms with van der Waals surface area (Å²) < 4.78 is 11.6. The number of methoxy groups -OCH3 is 1. The summed E-state index contributed by atoms with van der Waals surface area (Å²) in [6.45, 7) is 4.37. The molecule has 1 aromatic heterocycles. The van der Waals surface area contributed by atoms with Gasteiger partial charge in [-0.3, -0.25) is 14.5 Å². The Morgan fingerprint density at radius 1 is 0.851 bits per heavy atom. The van der Waals surface area contributed by atoms with E-state index in [0.29, 0.717) is 23.7 Å². The molecule has 0 radical (unpaired) electrons. The molecule has 0 aliphatic carbocycles. The molecule has 0 bridgehead atoms. The van der Waals surface area contributed by atoms with Gasteiger partial charge in [-0.05, 0) is 71.6 Å². The van der Waals surface area contributed by atoms with Crippen LogP contribution in [0, 0.1) is 0 Å². The topological polar surface area (TPSA) is 96.0 Å². The van der Waals surface area contributed by atoms with Crippen LogP contribution in [0.1, 0.15) is 32.0 Å². The number of anilines is 3. The predicted octanol–water partition coefficient (Wildman–Crippen LogP) is 6.71. The van der Waals surface area contributed by atoms with Crippen LogP contribution < -0.4 is 20.1 Å². The average molecular weight is 646 g/mol. The van der Waals surface area contributed by atoms with Gasteiger partial charge < -0.3 is 25.0 Å². The van der Waals surface area contributed by atoms with Crippen LogP contribution in [-0.2, 0) is 13.0 Å². The Hall–Kier alpha value is -5.19. The number of nitrogens with zero attached hydrogens (tertiary/aromatic N) is 3. The minimum Gasteiger partial charge on any atom is -0.493 e. The molecule has 4 aromatic carbocycles. The molecule has 0 atom stereocenters. The van der Waals surface area contributed by atoms with Gasteiger partial charge in [0.15, 0.2) is 11.5 Å². The molecule has 0 saturated carbocycles. The van der Waals surface area contributed by atoms with Crippen LogP contribution >= 0.6 is 11.3 Å². The van der Waals surface area contributed by atoms with E-state index < -0.39 is 0 Å². The summed E-state index contributed by atoms with van der Waals surface area (Å²) in [4.78, 5) is 34.7. The van der Waals surface area contributed by atoms with Gasteiger partial charge in [-0.2, -0.15) is 0 Å². The monoisotopic (exact) mass is 645 g/mol. The van der Waals surface area contributed by atoms with Crippen LogP contribution in [-0.4, -0.2) is 66.4 Å². The molecule has 2 aliphatic rings. The zero-order valence-corrected chi connectivity index (χ0v) is 26.9. The Bertz CT molecular complexity index is 1890. The van der Waals surface area contributed by atoms with Gasteiger partial charge >= 0.3 is 0 Å². The lowest BCUT2D eigenvalue weighted by Crippen LogP contribution is -2.49. The van der Waals surface area contributed by atoms with Crippen LogP contribution in [0.25, 0.3) is 11.1 Å². The van der Waals surface area contributed by atoms with Crippen molar-refractivity contribution in [3.63, 3.8) is 0 Å². The SMILES string of the molecule is COc1cc(-c2ccc3c(c2)Nc2ccc(CCN4CCN(C(=O)c5ccccc5)CC4)cc2NC3=O)ccc1OCc1cscn1. The van der Waals surface area contributed by atoms with Crippen molar-refractivity contribution in [2.24, 2.45) is 0 Å². The molecule has 238 valence electrons. The van der Waals surface area contributed by atoms with Crippen molar-refractivity contribution in [3.05, 3.63) is 118 Å². The van der Waals surface area contributed by atoms with Crippen molar-refractivity contribution < 1.29 is 19.1 Å². The third kappa shape index (κ3) is 6.84. The van der Waals surface area contributed by atoms with E-state index in [9.17, 15) is 9.59 Å². The second-order valence-electron chi connectivity index (χ2n) is 11.6. The molecular formula is C37H35N5O4S. The van der Waals surface area contributed by atoms with Gasteiger partial charge in [-0.25, -0.2) is 4.98 Å². The highest BCUT2D eigenvalue weighted by Crippen LogP contribution is 2.38. The zero-order chi connectivity index (χ0) is 32.2. The van der Waals surface area contributed by atoms with Crippen molar-refractivity contribution in [1.29, 1.82) is 0 Å². The fourth-order valence-corrected chi connectivity index (χ4v) is 6.51. The number of aromatic nitrogens is 1. The average Bonchev–Trinajstić information content (AvgIpc) is 3.60. The number of amides is 2. The zero-order valence-electron chi connectivity index (χ0n) is 26.1. The standard InChI is InChI=1S/C37H35N5O4S/c1-45-35-21-28(9-12-34(35)46-22-29-23-47-24-38-29)27-8-10-30-32(20-27)39-31-11-7-25(19-33(31)40-36(30)43)13-14-41-15-17-42(18-16-41)37(44)26-5-3-2-4-6-26/h2-12,19-21,23-24,39H,13-18,22H2,1H3,(H,40,43). The van der Waals surface area contributed by atoms with E-state index in [-0.39, 0.29) is 11.8 Å². The summed E-state index contributed by atoms with van der Waals surface area (Å²) in [5, 5.41) is 8.55. The normalized spacial score (nSPS) is 14.3. The van der Waals surface area contributed by atoms with Crippen molar-refractivity contribution in [2.45, 2.75) is 13.0 Å². The van der Waals surface area contributed by atoms with Crippen LogP contribution in [0.15, 0.2) is 95.8 Å². The van der Waals surface area contributed by atoms with Crippen LogP contribution in [0.2, 0.25) is 0 Å². The van der Waals surface area contributed by atoms with E-state index in [1.54, 1.807) is 12.6 Å². The third-order valence-electron chi connectivity index (χ3n) is 8.62. The first-order valence-electron chi connectivity index (χ1n) is 15.6. The highest BCUT2D eigenvalue weighted by molar-refractivity contribution is 7.07. The minimum absolute atomic E-state index is 0.0953. The maximum atomic E-state index is 13.3. The van der Waals surface area contributed by atoms with Gasteiger partial charge in [0.05, 0.1) is 40.9 Å². The van der Waals surface area contributed by atoms with Crippen molar-refractivity contribution in [1.82, 2.24) is 14.8 Å². The molecule has 2 aliphatic heterocycles. The van der Waals surface area contributed by atoms with Crippen LogP contribution in [0.4, 0.5) is 17.1 Å². The van der Waals surface area contributed by atoms with Crippen molar-refractivity contribution in [2.75, 3.05) is 50.5 Å². The third-order valence-corrected chi connectivity index (χ3v) is 9.25. The summed E-state index contributed by atoms with van der Waals surface area (Å²) in [6, 6.07) is 27.3. The lowest BCUT2D eigenvalue weighted by Gasteiger charge is -2.34. The molecule has 0 unspecified atom stereocenters. The molecule has 47 heavy (non-hydrogen) atoms. The van der Waals surface area contributed by atoms with E-state index >= 15 is 0 Å². The highest BCUT2D eigenvalue weighted by Gasteiger charge is 2.23. The van der Waals surface area contributed by atoms with Gasteiger partial charge in [0.1, 0.15) is 6.61 Å². The summed E-state index contributed by atoms with van der Waals surface area (Å²) in [5.74, 6) is 1.20. The largest absolute Gasteiger partial charge is 0.493 e. The highest BCUT2D eigenvalue weighted by atomic mass is 32.1. The van der Waals surface area contributed by atoms with Gasteiger partial charge in [-0.1, -0.05) is 36.4 Å². The first-order chi connectivity index (χ1) is 23.0. The van der Waals surface area contributed by atoms with Crippen molar-refractivity contribution in [3.8, 4) is 22.6 Å². The summed E-state index contributed by atoms with van der Waals surface area (Å²) >= 11 is 1.53. The quantitative estimate of drug-likeness (QED) is 0.184. The second-order valence-corrected chi connectivity index (χ2v) is 12.3. The first-order valence-corrected chi connectivity index (χ1v) is 16.6. The van der Waals surface area contributed by atoms with E-state index in [1.165, 1.54) is 11.3 Å². The Labute approximate surface area is 277 Å². The Morgan fingerprint density at radius 3 is 2.45 bits per heavy atom. The molecule has 3 heterocycles. The molecule has 0 spiro atoms. The summed E-state index contributed by atoms with van der Waals surface area (Å²) in [6.07, 6.45) is 0.845. The van der Waals surface area contributed by atoms with Crippen LogP contribution in [0.5, 0.6) is 11.5 Å². The van der Waals surface area contributed by atoms with Gasteiger partial charge in [0, 0.05) is 43.7 Å². The smallest absolute Gasteiger partial charge is 0.257 e. The summed E-state index contributed by atoms with van der Waals surface area (Å²) in [5.41, 5.74) is 9.33. The second kappa shape index (κ2) is 13.7. The van der Waals surface area contributed by atoms with Crippen LogP contribution in [0.3, 0.4) is 0 Å². The first kappa shape index (κ1) is 30.5. The number of ether oxygens (including phenoxy) is 2. The van der Waals surface area contributed by atoms with E-state index in [1.807, 2.05) is 83.1 Å². The number of nitrogens with one attached hydrogen (secondary N) is 2. The maximum Gasteiger partial charge on any atom is 0.257 e. The number of thiazole rings is 1. The maximum absolute atomic E-state index is 13.3. The molecule has 1 fully saturated rings. The number of carbonyl (C=O) groups is 2. The Balaban J connectivity index is 0.998. The number of hydrogen-bond acceptors (Lipinski definition) is 8. The van der Waals surface area contributed by atoms with Crippen molar-refractivity contribution >= 4 is 40.2 Å². The number of benzene rings is 4. The van der Waals surface area contributed by atoms with E-state index in [2.05, 4.69) is 32.7 Å². The fourth-order valence-electron chi connectivity index (χ4n) is 5.97. The number of carbonyl (C=O) groups excluding carboxylic acids is 2. The Morgan fingerprint density at radius 2 is 1.66 bits per heavy atom. The lowest BCUT2D eigenvalue weighted by molar-refractivity contribution is 0.0638. The summed E-state index contributed by atoms with van der Waals surface area (Å²) in [7, 11) is 1.62. The number of piperazine rings is 1. The van der Waals surface area contributed by atoms with Gasteiger partial charge in [0.25, 0.3) is 11.8 Å². The number of rotatable bonds is 9. The van der Waals surface area contributed by atoms with E-state index in [0.717, 1.165) is 84.2 Å². The molecule has 9 nitrogen and oxygen atoms in total. The van der Waals surface area contributed by atoms with E-state index in [4.69, 9.17) is 9.47 Å². The Kier molecular flexibility index (Phi) is 8.85. The predicted molar refractivity (Wildman–Crippen MR) is 185 cm³/mol. The molecule has 2 N–H and O–H groups in total. The number of fused-ring (bicyclic) bond motifs is 2. The molecule has 7 rings (SSSR count). The molecular weight excluding hydrogens is 611 g/mol. The number of hydrogen-bond donors (Lipinski definition) is 2. The molecule has 1 saturated heterocycles. The molecule has 2 amide bonds. The van der Waals surface area contributed by atoms with Gasteiger partial charge in [-0.15, -0.1) is 11.3 Å². The molecule has 5 aromatic rings. The lowest BCUT2D eigenvalue weighted by atomic mass is 10.0.